The van der Waals surface area contributed by atoms with Gasteiger partial charge in [-0.05, 0) is 57.0 Å². The summed E-state index contributed by atoms with van der Waals surface area (Å²) in [5.74, 6) is 0.190. The molecule has 0 N–H and O–H groups in total. The minimum Gasteiger partial charge on any atom is -0.365 e. The number of carbonyl (C=O) groups is 1. The van der Waals surface area contributed by atoms with E-state index in [0.717, 1.165) is 10.6 Å². The first-order valence-electron chi connectivity index (χ1n) is 11.2. The molecule has 3 rings (SSSR count). The molecule has 0 aliphatic carbocycles. The number of amides is 1. The number of hydrogen-bond acceptors (Lipinski definition) is 4. The fourth-order valence-corrected chi connectivity index (χ4v) is 5.04. The van der Waals surface area contributed by atoms with Gasteiger partial charge in [-0.3, -0.25) is 9.00 Å². The highest BCUT2D eigenvalue weighted by Gasteiger charge is 2.41. The van der Waals surface area contributed by atoms with Gasteiger partial charge < -0.3 is 9.64 Å². The lowest BCUT2D eigenvalue weighted by Gasteiger charge is -2.44. The average molecular weight is 524 g/mol. The van der Waals surface area contributed by atoms with E-state index in [-0.39, 0.29) is 29.2 Å². The normalized spacial score (nSPS) is 20.0. The number of nitriles is 1. The lowest BCUT2D eigenvalue weighted by atomic mass is 9.99. The minimum absolute atomic E-state index is 0.0153. The summed E-state index contributed by atoms with van der Waals surface area (Å²) in [5, 5.41) is 10.4. The maximum absolute atomic E-state index is 13.1. The quantitative estimate of drug-likeness (QED) is 0.453. The highest BCUT2D eigenvalue weighted by Crippen LogP contribution is 2.32. The van der Waals surface area contributed by atoms with Gasteiger partial charge in [-0.15, -0.1) is 0 Å². The Labute approximate surface area is 215 Å². The van der Waals surface area contributed by atoms with E-state index in [1.165, 1.54) is 0 Å². The van der Waals surface area contributed by atoms with Gasteiger partial charge in [0.15, 0.2) is 0 Å². The van der Waals surface area contributed by atoms with E-state index in [0.29, 0.717) is 23.8 Å². The molecule has 34 heavy (non-hydrogen) atoms. The second-order valence-electron chi connectivity index (χ2n) is 8.98. The molecule has 1 amide bonds. The lowest BCUT2D eigenvalue weighted by Crippen LogP contribution is -2.55. The first-order chi connectivity index (χ1) is 16.1. The summed E-state index contributed by atoms with van der Waals surface area (Å²) in [5.41, 5.74) is 0.920. The Morgan fingerprint density at radius 2 is 1.71 bits per heavy atom. The van der Waals surface area contributed by atoms with Crippen LogP contribution in [0.3, 0.4) is 0 Å². The third-order valence-electron chi connectivity index (χ3n) is 5.48. The number of morpholine rings is 1. The number of hydrogen-bond donors (Lipinski definition) is 0. The molecule has 4 unspecified atom stereocenters. The van der Waals surface area contributed by atoms with E-state index >= 15 is 0 Å². The maximum Gasteiger partial charge on any atom is 0.253 e. The molecule has 0 bridgehead atoms. The number of halogens is 2. The van der Waals surface area contributed by atoms with Gasteiger partial charge in [0.05, 0.1) is 25.1 Å². The molecule has 1 heterocycles. The van der Waals surface area contributed by atoms with Crippen molar-refractivity contribution in [3.63, 3.8) is 0 Å². The van der Waals surface area contributed by atoms with Crippen molar-refractivity contribution in [1.29, 1.82) is 5.26 Å². The van der Waals surface area contributed by atoms with Crippen molar-refractivity contribution in [2.24, 2.45) is 0 Å². The number of rotatable bonds is 6. The van der Waals surface area contributed by atoms with Gasteiger partial charge in [-0.1, -0.05) is 60.5 Å². The number of nitrogens with zero attached hydrogens (tertiary/aromatic N) is 2. The van der Waals surface area contributed by atoms with Gasteiger partial charge >= 0.3 is 0 Å². The van der Waals surface area contributed by atoms with Gasteiger partial charge in [-0.2, -0.15) is 5.26 Å². The van der Waals surface area contributed by atoms with Gasteiger partial charge in [0.2, 0.25) is 0 Å². The molecule has 184 valence electrons. The summed E-state index contributed by atoms with van der Waals surface area (Å²) >= 11 is 11.5. The van der Waals surface area contributed by atoms with Gasteiger partial charge in [0.1, 0.15) is 6.10 Å². The van der Waals surface area contributed by atoms with Crippen molar-refractivity contribution in [2.75, 3.05) is 12.4 Å². The van der Waals surface area contributed by atoms with Crippen LogP contribution in [-0.4, -0.2) is 44.3 Å². The van der Waals surface area contributed by atoms with E-state index in [9.17, 15) is 9.00 Å². The first-order valence-corrected chi connectivity index (χ1v) is 13.3. The zero-order valence-corrected chi connectivity index (χ0v) is 22.4. The molecule has 1 saturated heterocycles. The Morgan fingerprint density at radius 3 is 2.18 bits per heavy atom. The Balaban J connectivity index is 0.000000497. The zero-order chi connectivity index (χ0) is 25.3. The fourth-order valence-electron chi connectivity index (χ4n) is 3.52. The van der Waals surface area contributed by atoms with Crippen molar-refractivity contribution in [1.82, 2.24) is 4.90 Å². The van der Waals surface area contributed by atoms with Crippen LogP contribution in [0.1, 0.15) is 52.1 Å². The summed E-state index contributed by atoms with van der Waals surface area (Å²) < 4.78 is 18.1. The van der Waals surface area contributed by atoms with E-state index in [1.807, 2.05) is 76.2 Å². The molecular weight excluding hydrogens is 491 g/mol. The molecule has 1 aliphatic heterocycles. The molecule has 8 heteroatoms. The zero-order valence-electron chi connectivity index (χ0n) is 20.0. The predicted octanol–water partition coefficient (Wildman–Crippen LogP) is 6.19. The van der Waals surface area contributed by atoms with Crippen LogP contribution in [0.2, 0.25) is 10.0 Å². The summed E-state index contributed by atoms with van der Waals surface area (Å²) in [4.78, 5) is 14.9. The van der Waals surface area contributed by atoms with Crippen LogP contribution in [0.25, 0.3) is 0 Å². The van der Waals surface area contributed by atoms with Gasteiger partial charge in [-0.25, -0.2) is 0 Å². The second kappa shape index (κ2) is 13.3. The summed E-state index contributed by atoms with van der Waals surface area (Å²) in [7, 11) is -1.09. The van der Waals surface area contributed by atoms with E-state index < -0.39 is 16.9 Å². The fraction of sp³-hybridized carbons (Fsp3) is 0.462. The third-order valence-corrected chi connectivity index (χ3v) is 8.03. The number of carbonyl (C=O) groups excluding carboxylic acids is 1. The smallest absolute Gasteiger partial charge is 0.253 e. The Hall–Kier alpha value is -1.91. The number of ether oxygens (including phenoxy) is 1. The topological polar surface area (TPSA) is 70.4 Å². The Bertz CT molecular complexity index is 988. The van der Waals surface area contributed by atoms with Gasteiger partial charge in [0, 0.05) is 37.4 Å². The van der Waals surface area contributed by atoms with Crippen LogP contribution in [-0.2, 0) is 20.3 Å². The monoisotopic (exact) mass is 522 g/mol. The summed E-state index contributed by atoms with van der Waals surface area (Å²) in [6, 6.07) is 18.3. The third kappa shape index (κ3) is 8.09. The summed E-state index contributed by atoms with van der Waals surface area (Å²) in [6.45, 7) is 8.11. The molecule has 4 atom stereocenters. The largest absolute Gasteiger partial charge is 0.365 e. The molecule has 2 aromatic rings. The van der Waals surface area contributed by atoms with Crippen LogP contribution in [0.15, 0.2) is 54.6 Å². The van der Waals surface area contributed by atoms with Crippen molar-refractivity contribution in [3.05, 3.63) is 70.2 Å². The molecule has 0 spiro atoms. The maximum atomic E-state index is 13.1. The van der Waals surface area contributed by atoms with Crippen LogP contribution >= 0.6 is 23.2 Å². The molecule has 0 aromatic heterocycles. The standard InChI is InChI=1S/C20H27ClN2O3S.C6H5Cl/c1-5-16(13-27(25)20(2,3)4)23-17(14-6-8-15(21)9-7-14)12-26-18(10-11-22)19(23)24;7-6-4-2-1-3-5-6/h6-9,16-18H,5,10,12-13H2,1-4H3;1-5H. The van der Waals surface area contributed by atoms with Crippen molar-refractivity contribution < 1.29 is 13.7 Å². The molecule has 1 fully saturated rings. The highest BCUT2D eigenvalue weighted by atomic mass is 35.5. The van der Waals surface area contributed by atoms with Gasteiger partial charge in [0.25, 0.3) is 5.91 Å². The molecule has 1 aliphatic rings. The molecule has 5 nitrogen and oxygen atoms in total. The number of benzene rings is 2. The first kappa shape index (κ1) is 28.3. The van der Waals surface area contributed by atoms with Crippen molar-refractivity contribution in [3.8, 4) is 6.07 Å². The molecule has 2 aromatic carbocycles. The molecule has 0 radical (unpaired) electrons. The van der Waals surface area contributed by atoms with Crippen LogP contribution in [0.4, 0.5) is 0 Å². The SMILES string of the molecule is CCC(CS(=O)C(C)(C)C)N1C(=O)C(CC#N)OCC1c1ccc(Cl)cc1.Clc1ccccc1. The van der Waals surface area contributed by atoms with E-state index in [2.05, 4.69) is 0 Å². The highest BCUT2D eigenvalue weighted by molar-refractivity contribution is 7.86. The van der Waals surface area contributed by atoms with E-state index in [4.69, 9.17) is 33.2 Å². The average Bonchev–Trinajstić information content (AvgIpc) is 2.80. The van der Waals surface area contributed by atoms with Crippen LogP contribution in [0, 0.1) is 11.3 Å². The Morgan fingerprint density at radius 1 is 1.12 bits per heavy atom. The minimum atomic E-state index is -1.09. The van der Waals surface area contributed by atoms with Crippen LogP contribution in [0.5, 0.6) is 0 Å². The van der Waals surface area contributed by atoms with E-state index in [1.54, 1.807) is 17.0 Å². The van der Waals surface area contributed by atoms with Crippen molar-refractivity contribution in [2.45, 2.75) is 63.5 Å². The molecular formula is C26H32Cl2N2O3S. The molecule has 0 saturated carbocycles. The Kier molecular flexibility index (Phi) is 11.0. The van der Waals surface area contributed by atoms with Crippen molar-refractivity contribution >= 4 is 39.9 Å². The van der Waals surface area contributed by atoms with Crippen LogP contribution < -0.4 is 0 Å². The summed E-state index contributed by atoms with van der Waals surface area (Å²) in [6.07, 6.45) is -0.0750. The predicted molar refractivity (Wildman–Crippen MR) is 139 cm³/mol. The lowest BCUT2D eigenvalue weighted by molar-refractivity contribution is -0.163. The second-order valence-corrected chi connectivity index (χ2v) is 12.1.